The normalized spacial score (nSPS) is 17.1. The minimum atomic E-state index is 0.118. The number of likely N-dealkylation sites (tertiary alicyclic amines) is 1. The monoisotopic (exact) mass is 384 g/mol. The lowest BCUT2D eigenvalue weighted by molar-refractivity contribution is 0.0791. The van der Waals surface area contributed by atoms with E-state index in [2.05, 4.69) is 16.9 Å². The van der Waals surface area contributed by atoms with Crippen LogP contribution in [0, 0.1) is 0 Å². The Morgan fingerprint density at radius 3 is 3.04 bits per heavy atom. The van der Waals surface area contributed by atoms with Crippen LogP contribution in [-0.2, 0) is 13.0 Å². The van der Waals surface area contributed by atoms with Crippen molar-refractivity contribution in [2.75, 3.05) is 19.6 Å². The molecule has 2 N–H and O–H groups in total. The van der Waals surface area contributed by atoms with Gasteiger partial charge in [0.15, 0.2) is 5.65 Å². The minimum Gasteiger partial charge on any atom is -0.338 e. The van der Waals surface area contributed by atoms with Crippen LogP contribution in [0.15, 0.2) is 23.8 Å². The van der Waals surface area contributed by atoms with Crippen LogP contribution in [0.1, 0.15) is 46.6 Å². The van der Waals surface area contributed by atoms with E-state index in [0.717, 1.165) is 48.2 Å². The molecule has 0 radical (unpaired) electrons. The highest BCUT2D eigenvalue weighted by Crippen LogP contribution is 2.31. The van der Waals surface area contributed by atoms with Gasteiger partial charge in [-0.1, -0.05) is 13.3 Å². The summed E-state index contributed by atoms with van der Waals surface area (Å²) in [5, 5.41) is 6.72. The lowest BCUT2D eigenvalue weighted by atomic mass is 10.0. The van der Waals surface area contributed by atoms with Gasteiger partial charge in [0.2, 0.25) is 0 Å². The minimum absolute atomic E-state index is 0.118. The molecule has 3 aromatic heterocycles. The van der Waals surface area contributed by atoms with Gasteiger partial charge >= 0.3 is 0 Å². The summed E-state index contributed by atoms with van der Waals surface area (Å²) < 4.78 is 1.83. The molecule has 0 saturated carbocycles. The zero-order valence-electron chi connectivity index (χ0n) is 15.5. The van der Waals surface area contributed by atoms with Crippen molar-refractivity contribution in [2.45, 2.75) is 38.6 Å². The number of aromatic nitrogens is 4. The molecule has 1 aliphatic rings. The van der Waals surface area contributed by atoms with Gasteiger partial charge in [0.25, 0.3) is 5.91 Å². The number of hydrogen-bond acceptors (Lipinski definition) is 6. The molecule has 7 nitrogen and oxygen atoms in total. The van der Waals surface area contributed by atoms with Gasteiger partial charge in [0, 0.05) is 48.2 Å². The second-order valence-electron chi connectivity index (χ2n) is 6.91. The van der Waals surface area contributed by atoms with E-state index < -0.39 is 0 Å². The fraction of sp³-hybridized carbons (Fsp3) is 0.474. The van der Waals surface area contributed by atoms with Crippen LogP contribution < -0.4 is 5.73 Å². The molecule has 3 aromatic rings. The Kier molecular flexibility index (Phi) is 5.18. The Morgan fingerprint density at radius 1 is 1.37 bits per heavy atom. The summed E-state index contributed by atoms with van der Waals surface area (Å²) in [6.45, 7) is 4.68. The highest BCUT2D eigenvalue weighted by atomic mass is 32.1. The number of nitrogens with two attached hydrogens (primary N) is 1. The van der Waals surface area contributed by atoms with Crippen molar-refractivity contribution in [3.05, 3.63) is 40.0 Å². The molecule has 0 aliphatic carbocycles. The first-order valence-electron chi connectivity index (χ1n) is 9.45. The molecule has 142 valence electrons. The first-order valence-corrected chi connectivity index (χ1v) is 10.3. The van der Waals surface area contributed by atoms with Crippen LogP contribution in [0.2, 0.25) is 0 Å². The van der Waals surface area contributed by atoms with E-state index in [0.29, 0.717) is 19.6 Å². The average Bonchev–Trinajstić information content (AvgIpc) is 3.41. The second-order valence-corrected chi connectivity index (χ2v) is 7.91. The summed E-state index contributed by atoms with van der Waals surface area (Å²) in [4.78, 5) is 25.0. The smallest absolute Gasteiger partial charge is 0.254 e. The third-order valence-corrected chi connectivity index (χ3v) is 5.99. The summed E-state index contributed by atoms with van der Waals surface area (Å²) in [7, 11) is 0. The second kappa shape index (κ2) is 7.74. The van der Waals surface area contributed by atoms with Crippen LogP contribution >= 0.6 is 11.3 Å². The molecule has 1 saturated heterocycles. The van der Waals surface area contributed by atoms with Gasteiger partial charge in [-0.2, -0.15) is 5.10 Å². The summed E-state index contributed by atoms with van der Waals surface area (Å²) in [6, 6.07) is 2.04. The zero-order valence-corrected chi connectivity index (χ0v) is 16.3. The van der Waals surface area contributed by atoms with Crippen LogP contribution in [0.4, 0.5) is 0 Å². The van der Waals surface area contributed by atoms with Gasteiger partial charge in [-0.15, -0.1) is 11.3 Å². The summed E-state index contributed by atoms with van der Waals surface area (Å²) in [5.41, 5.74) is 9.03. The van der Waals surface area contributed by atoms with E-state index in [1.54, 1.807) is 23.7 Å². The maximum Gasteiger partial charge on any atom is 0.254 e. The van der Waals surface area contributed by atoms with Crippen LogP contribution in [0.5, 0.6) is 0 Å². The van der Waals surface area contributed by atoms with Crippen molar-refractivity contribution < 1.29 is 4.79 Å². The van der Waals surface area contributed by atoms with Gasteiger partial charge in [-0.05, 0) is 18.9 Å². The quantitative estimate of drug-likeness (QED) is 0.705. The Bertz CT molecular complexity index is 949. The van der Waals surface area contributed by atoms with Gasteiger partial charge in [0.05, 0.1) is 17.8 Å². The topological polar surface area (TPSA) is 89.9 Å². The number of fused-ring (bicyclic) bond motifs is 1. The molecule has 0 bridgehead atoms. The average molecular weight is 385 g/mol. The fourth-order valence-electron chi connectivity index (χ4n) is 3.70. The largest absolute Gasteiger partial charge is 0.338 e. The number of amides is 1. The Morgan fingerprint density at radius 2 is 2.22 bits per heavy atom. The summed E-state index contributed by atoms with van der Waals surface area (Å²) in [5.74, 6) is 0.300. The first kappa shape index (κ1) is 18.1. The lowest BCUT2D eigenvalue weighted by Gasteiger charge is -2.15. The summed E-state index contributed by atoms with van der Waals surface area (Å²) >= 11 is 1.68. The molecule has 0 spiro atoms. The third kappa shape index (κ3) is 3.46. The Balaban J connectivity index is 1.54. The number of carbonyl (C=O) groups excluding carboxylic acids is 1. The van der Waals surface area contributed by atoms with Crippen molar-refractivity contribution in [2.24, 2.45) is 5.73 Å². The number of rotatable bonds is 6. The van der Waals surface area contributed by atoms with Gasteiger partial charge in [-0.25, -0.2) is 14.6 Å². The molecular formula is C19H24N6OS. The Hall–Kier alpha value is -2.32. The SMILES string of the molecule is CCCc1cc(C(=O)N2CCC(c3nn(CCN)c4nccnc34)C2)cs1. The van der Waals surface area contributed by atoms with Crippen LogP contribution in [0.3, 0.4) is 0 Å². The van der Waals surface area contributed by atoms with Crippen molar-refractivity contribution in [3.8, 4) is 0 Å². The number of thiophene rings is 1. The number of carbonyl (C=O) groups is 1. The van der Waals surface area contributed by atoms with Crippen LogP contribution in [-0.4, -0.2) is 50.2 Å². The molecule has 1 unspecified atom stereocenters. The molecule has 4 heterocycles. The van der Waals surface area contributed by atoms with Crippen LogP contribution in [0.25, 0.3) is 11.2 Å². The molecule has 4 rings (SSSR count). The van der Waals surface area contributed by atoms with Crippen molar-refractivity contribution in [1.29, 1.82) is 0 Å². The van der Waals surface area contributed by atoms with Crippen molar-refractivity contribution >= 4 is 28.4 Å². The molecule has 1 aliphatic heterocycles. The number of aryl methyl sites for hydroxylation is 1. The standard InChI is InChI=1S/C19H24N6OS/c1-2-3-15-10-14(12-27-15)19(26)24-8-4-13(11-24)16-17-18(22-7-6-21-17)25(23-16)9-5-20/h6-7,10,12-13H,2-5,8-9,11,20H2,1H3. The molecule has 1 atom stereocenters. The molecule has 8 heteroatoms. The maximum absolute atomic E-state index is 12.9. The molecule has 0 aromatic carbocycles. The van der Waals surface area contributed by atoms with E-state index >= 15 is 0 Å². The predicted molar refractivity (Wildman–Crippen MR) is 106 cm³/mol. The number of hydrogen-bond donors (Lipinski definition) is 1. The highest BCUT2D eigenvalue weighted by Gasteiger charge is 2.32. The van der Waals surface area contributed by atoms with E-state index in [1.807, 2.05) is 21.0 Å². The van der Waals surface area contributed by atoms with Crippen molar-refractivity contribution in [1.82, 2.24) is 24.6 Å². The van der Waals surface area contributed by atoms with Gasteiger partial charge in [-0.3, -0.25) is 4.79 Å². The molecular weight excluding hydrogens is 360 g/mol. The molecule has 27 heavy (non-hydrogen) atoms. The number of nitrogens with zero attached hydrogens (tertiary/aromatic N) is 5. The fourth-order valence-corrected chi connectivity index (χ4v) is 4.66. The first-order chi connectivity index (χ1) is 13.2. The van der Waals surface area contributed by atoms with Crippen molar-refractivity contribution in [3.63, 3.8) is 0 Å². The molecule has 1 amide bonds. The predicted octanol–water partition coefficient (Wildman–Crippen LogP) is 2.43. The highest BCUT2D eigenvalue weighted by molar-refractivity contribution is 7.10. The van der Waals surface area contributed by atoms with E-state index in [-0.39, 0.29) is 11.8 Å². The molecule has 1 fully saturated rings. The Labute approximate surface area is 162 Å². The third-order valence-electron chi connectivity index (χ3n) is 4.99. The van der Waals surface area contributed by atoms with Gasteiger partial charge < -0.3 is 10.6 Å². The van der Waals surface area contributed by atoms with Gasteiger partial charge in [0.1, 0.15) is 5.52 Å². The zero-order chi connectivity index (χ0) is 18.8. The van der Waals surface area contributed by atoms with E-state index in [4.69, 9.17) is 10.8 Å². The van der Waals surface area contributed by atoms with E-state index in [9.17, 15) is 4.79 Å². The maximum atomic E-state index is 12.9. The lowest BCUT2D eigenvalue weighted by Crippen LogP contribution is -2.28. The van der Waals surface area contributed by atoms with E-state index in [1.165, 1.54) is 4.88 Å². The summed E-state index contributed by atoms with van der Waals surface area (Å²) in [6.07, 6.45) is 6.39.